The Morgan fingerprint density at radius 2 is 2.03 bits per heavy atom. The average molecular weight is 414 g/mol. The lowest BCUT2D eigenvalue weighted by Gasteiger charge is -2.11. The van der Waals surface area contributed by atoms with E-state index in [4.69, 9.17) is 17.3 Å². The van der Waals surface area contributed by atoms with Gasteiger partial charge in [-0.15, -0.1) is 5.10 Å². The number of amides is 1. The Hall–Kier alpha value is -2.84. The van der Waals surface area contributed by atoms with E-state index >= 15 is 0 Å². The van der Waals surface area contributed by atoms with Crippen LogP contribution >= 0.6 is 11.6 Å². The quantitative estimate of drug-likeness (QED) is 0.616. The summed E-state index contributed by atoms with van der Waals surface area (Å²) >= 11 is 6.07. The Labute approximate surface area is 174 Å². The molecule has 9 heteroatoms. The van der Waals surface area contributed by atoms with Gasteiger partial charge in [0.05, 0.1) is 0 Å². The molecule has 0 fully saturated rings. The van der Waals surface area contributed by atoms with Crippen LogP contribution < -0.4 is 11.1 Å². The van der Waals surface area contributed by atoms with Crippen LogP contribution in [0.4, 0.5) is 0 Å². The highest BCUT2D eigenvalue weighted by Gasteiger charge is 2.16. The third kappa shape index (κ3) is 5.16. The van der Waals surface area contributed by atoms with Crippen molar-refractivity contribution in [2.75, 3.05) is 0 Å². The van der Waals surface area contributed by atoms with E-state index in [2.05, 4.69) is 39.7 Å². The van der Waals surface area contributed by atoms with Crippen LogP contribution in [-0.2, 0) is 19.6 Å². The van der Waals surface area contributed by atoms with Crippen LogP contribution in [0, 0.1) is 12.8 Å². The molecule has 0 atom stereocenters. The highest BCUT2D eigenvalue weighted by Crippen LogP contribution is 2.18. The molecule has 0 saturated heterocycles. The second-order valence-electron chi connectivity index (χ2n) is 7.29. The second kappa shape index (κ2) is 9.11. The largest absolute Gasteiger partial charge is 0.347 e. The molecular weight excluding hydrogens is 390 g/mol. The number of nitrogens with zero attached hydrogens (tertiary/aromatic N) is 5. The van der Waals surface area contributed by atoms with Crippen LogP contribution in [0.3, 0.4) is 0 Å². The van der Waals surface area contributed by atoms with E-state index in [0.29, 0.717) is 47.8 Å². The summed E-state index contributed by atoms with van der Waals surface area (Å²) in [6.45, 7) is 7.41. The number of hydrogen-bond acceptors (Lipinski definition) is 6. The van der Waals surface area contributed by atoms with E-state index in [9.17, 15) is 4.79 Å². The zero-order chi connectivity index (χ0) is 21.0. The summed E-state index contributed by atoms with van der Waals surface area (Å²) in [5.74, 6) is 0.622. The van der Waals surface area contributed by atoms with Crippen LogP contribution in [0.5, 0.6) is 0 Å². The van der Waals surface area contributed by atoms with Gasteiger partial charge in [-0.3, -0.25) is 4.79 Å². The van der Waals surface area contributed by atoms with Crippen molar-refractivity contribution >= 4 is 17.5 Å². The SMILES string of the molecule is Cc1cc(C(=O)NCc2cc(Cl)ccc2CN)nc(-c2nnnn2CC(C)C)c1. The fourth-order valence-corrected chi connectivity index (χ4v) is 3.17. The van der Waals surface area contributed by atoms with Gasteiger partial charge >= 0.3 is 0 Å². The first-order valence-electron chi connectivity index (χ1n) is 9.38. The number of carbonyl (C=O) groups excluding carboxylic acids is 1. The number of nitrogens with one attached hydrogen (secondary N) is 1. The molecule has 3 rings (SSSR count). The van der Waals surface area contributed by atoms with E-state index in [0.717, 1.165) is 16.7 Å². The smallest absolute Gasteiger partial charge is 0.270 e. The van der Waals surface area contributed by atoms with E-state index in [1.165, 1.54) is 0 Å². The van der Waals surface area contributed by atoms with Crippen molar-refractivity contribution < 1.29 is 4.79 Å². The fraction of sp³-hybridized carbons (Fsp3) is 0.350. The molecule has 0 radical (unpaired) electrons. The molecular formula is C20H24ClN7O. The number of halogens is 1. The second-order valence-corrected chi connectivity index (χ2v) is 7.73. The highest BCUT2D eigenvalue weighted by atomic mass is 35.5. The predicted octanol–water partition coefficient (Wildman–Crippen LogP) is 2.74. The Morgan fingerprint density at radius 3 is 2.76 bits per heavy atom. The topological polar surface area (TPSA) is 112 Å². The van der Waals surface area contributed by atoms with Crippen molar-refractivity contribution in [2.24, 2.45) is 11.7 Å². The molecule has 29 heavy (non-hydrogen) atoms. The molecule has 1 aromatic carbocycles. The molecule has 2 heterocycles. The van der Waals surface area contributed by atoms with Crippen molar-refractivity contribution in [1.82, 2.24) is 30.5 Å². The Bertz CT molecular complexity index is 1020. The molecule has 0 unspecified atom stereocenters. The number of aromatic nitrogens is 5. The monoisotopic (exact) mass is 413 g/mol. The van der Waals surface area contributed by atoms with Crippen LogP contribution in [-0.4, -0.2) is 31.1 Å². The molecule has 152 valence electrons. The summed E-state index contributed by atoms with van der Waals surface area (Å²) in [6.07, 6.45) is 0. The van der Waals surface area contributed by atoms with Gasteiger partial charge in [0, 0.05) is 24.7 Å². The molecule has 0 aliphatic carbocycles. The summed E-state index contributed by atoms with van der Waals surface area (Å²) in [7, 11) is 0. The van der Waals surface area contributed by atoms with Crippen LogP contribution in [0.1, 0.15) is 41.0 Å². The maximum Gasteiger partial charge on any atom is 0.270 e. The minimum absolute atomic E-state index is 0.291. The third-order valence-electron chi connectivity index (χ3n) is 4.33. The van der Waals surface area contributed by atoms with Gasteiger partial charge in [-0.25, -0.2) is 9.67 Å². The highest BCUT2D eigenvalue weighted by molar-refractivity contribution is 6.30. The van der Waals surface area contributed by atoms with Gasteiger partial charge < -0.3 is 11.1 Å². The van der Waals surface area contributed by atoms with Crippen molar-refractivity contribution in [3.8, 4) is 11.5 Å². The number of nitrogens with two attached hydrogens (primary N) is 1. The zero-order valence-electron chi connectivity index (χ0n) is 16.7. The molecule has 3 aromatic rings. The number of tetrazole rings is 1. The number of carbonyl (C=O) groups is 1. The molecule has 0 saturated carbocycles. The van der Waals surface area contributed by atoms with Crippen LogP contribution in [0.2, 0.25) is 5.02 Å². The summed E-state index contributed by atoms with van der Waals surface area (Å²) in [6, 6.07) is 9.05. The third-order valence-corrected chi connectivity index (χ3v) is 4.56. The van der Waals surface area contributed by atoms with Gasteiger partial charge in [0.2, 0.25) is 5.82 Å². The zero-order valence-corrected chi connectivity index (χ0v) is 17.4. The maximum absolute atomic E-state index is 12.7. The van der Waals surface area contributed by atoms with E-state index in [-0.39, 0.29) is 5.91 Å². The van der Waals surface area contributed by atoms with Crippen molar-refractivity contribution in [3.63, 3.8) is 0 Å². The van der Waals surface area contributed by atoms with Gasteiger partial charge in [0.15, 0.2) is 0 Å². The maximum atomic E-state index is 12.7. The molecule has 1 amide bonds. The lowest BCUT2D eigenvalue weighted by molar-refractivity contribution is 0.0946. The summed E-state index contributed by atoms with van der Waals surface area (Å²) in [5, 5.41) is 15.4. The summed E-state index contributed by atoms with van der Waals surface area (Å²) in [5.41, 5.74) is 9.34. The van der Waals surface area contributed by atoms with Crippen molar-refractivity contribution in [3.05, 3.63) is 57.7 Å². The Morgan fingerprint density at radius 1 is 1.24 bits per heavy atom. The lowest BCUT2D eigenvalue weighted by Crippen LogP contribution is -2.25. The molecule has 0 spiro atoms. The number of pyridine rings is 1. The van der Waals surface area contributed by atoms with Crippen molar-refractivity contribution in [1.29, 1.82) is 0 Å². The predicted molar refractivity (Wildman–Crippen MR) is 111 cm³/mol. The summed E-state index contributed by atoms with van der Waals surface area (Å²) < 4.78 is 1.70. The lowest BCUT2D eigenvalue weighted by atomic mass is 10.1. The molecule has 8 nitrogen and oxygen atoms in total. The first-order valence-corrected chi connectivity index (χ1v) is 9.76. The normalized spacial score (nSPS) is 11.1. The molecule has 0 aliphatic rings. The number of aryl methyl sites for hydroxylation is 1. The van der Waals surface area contributed by atoms with E-state index < -0.39 is 0 Å². The molecule has 0 aliphatic heterocycles. The molecule has 2 aromatic heterocycles. The Balaban J connectivity index is 1.82. The van der Waals surface area contributed by atoms with Gasteiger partial charge in [-0.1, -0.05) is 31.5 Å². The minimum atomic E-state index is -0.291. The van der Waals surface area contributed by atoms with Crippen molar-refractivity contribution in [2.45, 2.75) is 40.4 Å². The van der Waals surface area contributed by atoms with Gasteiger partial charge in [-0.05, 0) is 64.2 Å². The number of rotatable bonds is 7. The molecule has 3 N–H and O–H groups in total. The number of benzene rings is 1. The molecule has 0 bridgehead atoms. The van der Waals surface area contributed by atoms with Gasteiger partial charge in [-0.2, -0.15) is 0 Å². The van der Waals surface area contributed by atoms with Gasteiger partial charge in [0.1, 0.15) is 11.4 Å². The van der Waals surface area contributed by atoms with E-state index in [1.807, 2.05) is 19.1 Å². The van der Waals surface area contributed by atoms with Gasteiger partial charge in [0.25, 0.3) is 5.91 Å². The number of hydrogen-bond donors (Lipinski definition) is 2. The standard InChI is InChI=1S/C20H24ClN7O/c1-12(2)11-28-19(25-26-27-28)17-6-13(3)7-18(24-17)20(29)23-10-15-8-16(21)5-4-14(15)9-22/h4-8,12H,9-11,22H2,1-3H3,(H,23,29). The Kier molecular flexibility index (Phi) is 6.56. The minimum Gasteiger partial charge on any atom is -0.347 e. The van der Waals surface area contributed by atoms with E-state index in [1.54, 1.807) is 22.9 Å². The van der Waals surface area contributed by atoms with Crippen LogP contribution in [0.15, 0.2) is 30.3 Å². The first kappa shape index (κ1) is 20.9. The van der Waals surface area contributed by atoms with Crippen LogP contribution in [0.25, 0.3) is 11.5 Å². The fourth-order valence-electron chi connectivity index (χ4n) is 2.98. The summed E-state index contributed by atoms with van der Waals surface area (Å²) in [4.78, 5) is 17.2. The first-order chi connectivity index (χ1) is 13.9. The average Bonchev–Trinajstić information content (AvgIpc) is 3.13.